The number of aliphatic carboxylic acids is 3. The van der Waals surface area contributed by atoms with Gasteiger partial charge in [0.25, 0.3) is 0 Å². The standard InChI is InChI=1S/C17H28N4O.C6H8O7/c1-15(2)13-19-8-10-20(11-9-19)14-16-6-7-18-21(16)17-5-3-4-12-22-17;7-3(8)1-6(13,5(11)12)2-4(9)10/h6-7,17H,1,3-5,8-14H2,2H3;13H,1-2H2,(H,7,8)(H,9,10)(H,11,12). The average Bonchev–Trinajstić information content (AvgIpc) is 3.23. The monoisotopic (exact) mass is 496 g/mol. The van der Waals surface area contributed by atoms with Crippen LogP contribution in [0.4, 0.5) is 0 Å². The largest absolute Gasteiger partial charge is 0.481 e. The van der Waals surface area contributed by atoms with Crippen LogP contribution in [0.3, 0.4) is 0 Å². The Morgan fingerprint density at radius 2 is 1.69 bits per heavy atom. The van der Waals surface area contributed by atoms with Crippen LogP contribution in [0, 0.1) is 0 Å². The molecule has 12 nitrogen and oxygen atoms in total. The fraction of sp³-hybridized carbons (Fsp3) is 0.652. The van der Waals surface area contributed by atoms with Crippen molar-refractivity contribution in [2.45, 2.75) is 57.4 Å². The van der Waals surface area contributed by atoms with E-state index in [0.717, 1.165) is 52.3 Å². The van der Waals surface area contributed by atoms with E-state index in [1.807, 2.05) is 6.20 Å². The maximum Gasteiger partial charge on any atom is 0.336 e. The van der Waals surface area contributed by atoms with Crippen LogP contribution in [-0.2, 0) is 25.7 Å². The molecule has 1 unspecified atom stereocenters. The highest BCUT2D eigenvalue weighted by atomic mass is 16.5. The molecule has 2 fully saturated rings. The third-order valence-electron chi connectivity index (χ3n) is 5.81. The van der Waals surface area contributed by atoms with Crippen LogP contribution in [0.2, 0.25) is 0 Å². The maximum absolute atomic E-state index is 10.3. The number of aliphatic hydroxyl groups is 1. The Morgan fingerprint density at radius 3 is 2.17 bits per heavy atom. The minimum Gasteiger partial charge on any atom is -0.481 e. The summed E-state index contributed by atoms with van der Waals surface area (Å²) >= 11 is 0. The van der Waals surface area contributed by atoms with Crippen molar-refractivity contribution in [2.24, 2.45) is 0 Å². The van der Waals surface area contributed by atoms with Gasteiger partial charge in [0.1, 0.15) is 0 Å². The minimum absolute atomic E-state index is 0.142. The lowest BCUT2D eigenvalue weighted by atomic mass is 9.96. The number of hydrogen-bond acceptors (Lipinski definition) is 8. The first-order valence-corrected chi connectivity index (χ1v) is 11.6. The van der Waals surface area contributed by atoms with Gasteiger partial charge in [-0.1, -0.05) is 12.2 Å². The Balaban J connectivity index is 0.000000287. The van der Waals surface area contributed by atoms with Gasteiger partial charge >= 0.3 is 17.9 Å². The van der Waals surface area contributed by atoms with Crippen LogP contribution in [0.1, 0.15) is 50.9 Å². The number of aromatic nitrogens is 2. The molecule has 2 aliphatic rings. The summed E-state index contributed by atoms with van der Waals surface area (Å²) in [7, 11) is 0. The molecule has 0 spiro atoms. The lowest BCUT2D eigenvalue weighted by Gasteiger charge is -2.35. The van der Waals surface area contributed by atoms with E-state index >= 15 is 0 Å². The van der Waals surface area contributed by atoms with Crippen molar-refractivity contribution in [3.8, 4) is 0 Å². The highest BCUT2D eigenvalue weighted by Gasteiger charge is 2.40. The van der Waals surface area contributed by atoms with Crippen LogP contribution in [0.25, 0.3) is 0 Å². The van der Waals surface area contributed by atoms with Gasteiger partial charge in [-0.2, -0.15) is 5.10 Å². The van der Waals surface area contributed by atoms with Crippen LogP contribution < -0.4 is 0 Å². The third kappa shape index (κ3) is 9.40. The van der Waals surface area contributed by atoms with Gasteiger partial charge in [0.15, 0.2) is 11.8 Å². The molecule has 0 amide bonds. The van der Waals surface area contributed by atoms with Gasteiger partial charge in [0, 0.05) is 52.1 Å². The van der Waals surface area contributed by atoms with Gasteiger partial charge in [-0.3, -0.25) is 19.4 Å². The number of carbonyl (C=O) groups is 3. The zero-order valence-corrected chi connectivity index (χ0v) is 20.1. The molecule has 0 saturated carbocycles. The predicted molar refractivity (Wildman–Crippen MR) is 125 cm³/mol. The van der Waals surface area contributed by atoms with Crippen molar-refractivity contribution < 1.29 is 39.5 Å². The second kappa shape index (κ2) is 13.3. The molecule has 0 aromatic carbocycles. The van der Waals surface area contributed by atoms with E-state index in [-0.39, 0.29) is 6.23 Å². The first-order chi connectivity index (χ1) is 16.5. The molecular formula is C23H36N4O8. The first kappa shape index (κ1) is 28.4. The quantitative estimate of drug-likeness (QED) is 0.342. The first-order valence-electron chi connectivity index (χ1n) is 11.6. The topological polar surface area (TPSA) is 166 Å². The predicted octanol–water partition coefficient (Wildman–Crippen LogP) is 1.03. The smallest absolute Gasteiger partial charge is 0.336 e. The summed E-state index contributed by atoms with van der Waals surface area (Å²) in [5.41, 5.74) is -0.210. The van der Waals surface area contributed by atoms with Crippen molar-refractivity contribution in [3.05, 3.63) is 30.1 Å². The fourth-order valence-corrected chi connectivity index (χ4v) is 4.07. The van der Waals surface area contributed by atoms with Crippen molar-refractivity contribution >= 4 is 17.9 Å². The number of nitrogens with zero attached hydrogens (tertiary/aromatic N) is 4. The molecule has 196 valence electrons. The van der Waals surface area contributed by atoms with Crippen molar-refractivity contribution in [1.29, 1.82) is 0 Å². The molecule has 12 heteroatoms. The molecule has 2 saturated heterocycles. The van der Waals surface area contributed by atoms with Crippen LogP contribution in [0.5, 0.6) is 0 Å². The summed E-state index contributed by atoms with van der Waals surface area (Å²) in [6.45, 7) is 13.5. The molecule has 1 aromatic heterocycles. The number of rotatable bonds is 10. The molecule has 2 aliphatic heterocycles. The van der Waals surface area contributed by atoms with Crippen LogP contribution in [0.15, 0.2) is 24.4 Å². The summed E-state index contributed by atoms with van der Waals surface area (Å²) in [6, 6.07) is 2.14. The number of hydrogen-bond donors (Lipinski definition) is 4. The van der Waals surface area contributed by atoms with Crippen LogP contribution >= 0.6 is 0 Å². The molecule has 4 N–H and O–H groups in total. The molecule has 0 bridgehead atoms. The minimum atomic E-state index is -2.74. The Labute approximate surface area is 204 Å². The van der Waals surface area contributed by atoms with E-state index in [9.17, 15) is 14.4 Å². The Kier molecular flexibility index (Phi) is 10.8. The molecule has 0 radical (unpaired) electrons. The van der Waals surface area contributed by atoms with Crippen LogP contribution in [-0.4, -0.2) is 103 Å². The Hall–Kier alpha value is -2.80. The fourth-order valence-electron chi connectivity index (χ4n) is 4.07. The molecule has 3 heterocycles. The molecule has 3 rings (SSSR count). The highest BCUT2D eigenvalue weighted by molar-refractivity contribution is 5.88. The molecule has 1 aromatic rings. The van der Waals surface area contributed by atoms with Gasteiger partial charge in [-0.25, -0.2) is 9.48 Å². The summed E-state index contributed by atoms with van der Waals surface area (Å²) < 4.78 is 7.97. The van der Waals surface area contributed by atoms with Gasteiger partial charge in [0.2, 0.25) is 0 Å². The Bertz CT molecular complexity index is 857. The van der Waals surface area contributed by atoms with Crippen molar-refractivity contribution in [2.75, 3.05) is 39.3 Å². The van der Waals surface area contributed by atoms with E-state index < -0.39 is 36.4 Å². The van der Waals surface area contributed by atoms with E-state index in [1.54, 1.807) is 0 Å². The van der Waals surface area contributed by atoms with Crippen molar-refractivity contribution in [3.63, 3.8) is 0 Å². The molecule has 35 heavy (non-hydrogen) atoms. The highest BCUT2D eigenvalue weighted by Crippen LogP contribution is 2.24. The van der Waals surface area contributed by atoms with E-state index in [4.69, 9.17) is 25.2 Å². The SMILES string of the molecule is C=C(C)CN1CCN(Cc2ccnn2C2CCCCO2)CC1.O=C(O)CC(O)(CC(=O)O)C(=O)O. The van der Waals surface area contributed by atoms with Crippen molar-refractivity contribution in [1.82, 2.24) is 19.6 Å². The van der Waals surface area contributed by atoms with E-state index in [0.29, 0.717) is 0 Å². The average molecular weight is 497 g/mol. The number of piperazine rings is 1. The lowest BCUT2D eigenvalue weighted by molar-refractivity contribution is -0.170. The summed E-state index contributed by atoms with van der Waals surface area (Å²) in [5.74, 6) is -5.02. The van der Waals surface area contributed by atoms with E-state index in [1.165, 1.54) is 24.1 Å². The summed E-state index contributed by atoms with van der Waals surface area (Å²) in [4.78, 5) is 35.5. The van der Waals surface area contributed by atoms with Gasteiger partial charge in [0.05, 0.1) is 18.5 Å². The zero-order valence-electron chi connectivity index (χ0n) is 20.1. The normalized spacial score (nSPS) is 19.4. The van der Waals surface area contributed by atoms with Gasteiger partial charge < -0.3 is 25.2 Å². The van der Waals surface area contributed by atoms with Gasteiger partial charge in [-0.15, -0.1) is 0 Å². The summed E-state index contributed by atoms with van der Waals surface area (Å²) in [6.07, 6.45) is 3.26. The molecule has 0 aliphatic carbocycles. The summed E-state index contributed by atoms with van der Waals surface area (Å²) in [5, 5.41) is 38.3. The second-order valence-electron chi connectivity index (χ2n) is 9.08. The van der Waals surface area contributed by atoms with E-state index in [2.05, 4.69) is 39.1 Å². The second-order valence-corrected chi connectivity index (χ2v) is 9.08. The van der Waals surface area contributed by atoms with Gasteiger partial charge in [-0.05, 0) is 32.3 Å². The zero-order chi connectivity index (χ0) is 26.0. The number of ether oxygens (including phenoxy) is 1. The lowest BCUT2D eigenvalue weighted by Crippen LogP contribution is -2.46. The third-order valence-corrected chi connectivity index (χ3v) is 5.81. The number of carboxylic acid groups (broad SMARTS) is 3. The maximum atomic E-state index is 10.3. The molecular weight excluding hydrogens is 460 g/mol. The Morgan fingerprint density at radius 1 is 1.09 bits per heavy atom. The molecule has 1 atom stereocenters. The number of carboxylic acids is 3.